The SMILES string of the molecule is CC(N1CCN(C=O)CC1)C(F)(F)F. The van der Waals surface area contributed by atoms with Gasteiger partial charge in [0.2, 0.25) is 6.41 Å². The monoisotopic (exact) mass is 210 g/mol. The molecule has 0 bridgehead atoms. The average Bonchev–Trinajstić information content (AvgIpc) is 2.15. The van der Waals surface area contributed by atoms with Gasteiger partial charge in [0, 0.05) is 26.2 Å². The highest BCUT2D eigenvalue weighted by atomic mass is 19.4. The van der Waals surface area contributed by atoms with Crippen molar-refractivity contribution in [2.24, 2.45) is 0 Å². The van der Waals surface area contributed by atoms with E-state index in [0.717, 1.165) is 6.92 Å². The van der Waals surface area contributed by atoms with Gasteiger partial charge in [-0.15, -0.1) is 0 Å². The second kappa shape index (κ2) is 4.16. The number of hydrogen-bond donors (Lipinski definition) is 0. The highest BCUT2D eigenvalue weighted by molar-refractivity contribution is 5.47. The topological polar surface area (TPSA) is 23.6 Å². The summed E-state index contributed by atoms with van der Waals surface area (Å²) in [6, 6.07) is -1.42. The van der Waals surface area contributed by atoms with Crippen molar-refractivity contribution < 1.29 is 18.0 Å². The van der Waals surface area contributed by atoms with Crippen LogP contribution in [0.1, 0.15) is 6.92 Å². The van der Waals surface area contributed by atoms with E-state index in [2.05, 4.69) is 0 Å². The summed E-state index contributed by atoms with van der Waals surface area (Å²) in [6.07, 6.45) is -3.50. The highest BCUT2D eigenvalue weighted by Crippen LogP contribution is 2.24. The zero-order chi connectivity index (χ0) is 10.8. The molecule has 0 aromatic rings. The summed E-state index contributed by atoms with van der Waals surface area (Å²) in [4.78, 5) is 13.2. The summed E-state index contributed by atoms with van der Waals surface area (Å²) in [5.74, 6) is 0. The van der Waals surface area contributed by atoms with Crippen molar-refractivity contribution in [1.82, 2.24) is 9.80 Å². The normalized spacial score (nSPS) is 22.1. The van der Waals surface area contributed by atoms with Gasteiger partial charge >= 0.3 is 6.18 Å². The average molecular weight is 210 g/mol. The predicted octanol–water partition coefficient (Wildman–Crippen LogP) is 0.711. The van der Waals surface area contributed by atoms with Crippen molar-refractivity contribution in [3.8, 4) is 0 Å². The zero-order valence-corrected chi connectivity index (χ0v) is 7.92. The Labute approximate surface area is 80.5 Å². The third kappa shape index (κ3) is 2.60. The van der Waals surface area contributed by atoms with E-state index < -0.39 is 12.2 Å². The Morgan fingerprint density at radius 2 is 1.71 bits per heavy atom. The molecule has 0 aliphatic carbocycles. The van der Waals surface area contributed by atoms with Crippen molar-refractivity contribution in [3.63, 3.8) is 0 Å². The largest absolute Gasteiger partial charge is 0.403 e. The molecule has 14 heavy (non-hydrogen) atoms. The molecule has 1 unspecified atom stereocenters. The fraction of sp³-hybridized carbons (Fsp3) is 0.875. The van der Waals surface area contributed by atoms with Crippen molar-refractivity contribution in [2.45, 2.75) is 19.1 Å². The molecule has 1 aliphatic heterocycles. The fourth-order valence-electron chi connectivity index (χ4n) is 1.44. The van der Waals surface area contributed by atoms with Crippen LogP contribution in [0.2, 0.25) is 0 Å². The minimum absolute atomic E-state index is 0.291. The number of nitrogens with zero attached hydrogens (tertiary/aromatic N) is 2. The van der Waals surface area contributed by atoms with Gasteiger partial charge < -0.3 is 4.90 Å². The lowest BCUT2D eigenvalue weighted by Crippen LogP contribution is -2.53. The summed E-state index contributed by atoms with van der Waals surface area (Å²) in [5.41, 5.74) is 0. The molecule has 1 saturated heterocycles. The Kier molecular flexibility index (Phi) is 3.36. The predicted molar refractivity (Wildman–Crippen MR) is 44.7 cm³/mol. The molecule has 1 aliphatic rings. The van der Waals surface area contributed by atoms with Gasteiger partial charge in [0.1, 0.15) is 6.04 Å². The molecule has 82 valence electrons. The van der Waals surface area contributed by atoms with Gasteiger partial charge in [-0.05, 0) is 6.92 Å². The Hall–Kier alpha value is -0.780. The maximum Gasteiger partial charge on any atom is 0.403 e. The second-order valence-corrected chi connectivity index (χ2v) is 3.39. The van der Waals surface area contributed by atoms with Crippen LogP contribution in [0.4, 0.5) is 13.2 Å². The van der Waals surface area contributed by atoms with E-state index in [1.165, 1.54) is 9.80 Å². The summed E-state index contributed by atoms with van der Waals surface area (Å²) in [6.45, 7) is 2.49. The second-order valence-electron chi connectivity index (χ2n) is 3.39. The Balaban J connectivity index is 2.45. The van der Waals surface area contributed by atoms with Gasteiger partial charge in [0.25, 0.3) is 0 Å². The number of alkyl halides is 3. The van der Waals surface area contributed by atoms with Crippen LogP contribution in [0.5, 0.6) is 0 Å². The molecule has 0 saturated carbocycles. The van der Waals surface area contributed by atoms with Gasteiger partial charge in [-0.2, -0.15) is 13.2 Å². The van der Waals surface area contributed by atoms with E-state index >= 15 is 0 Å². The number of halogens is 3. The van der Waals surface area contributed by atoms with E-state index in [0.29, 0.717) is 32.6 Å². The molecule has 0 spiro atoms. The Morgan fingerprint density at radius 3 is 2.07 bits per heavy atom. The summed E-state index contributed by atoms with van der Waals surface area (Å²) < 4.78 is 36.9. The lowest BCUT2D eigenvalue weighted by Gasteiger charge is -2.37. The smallest absolute Gasteiger partial charge is 0.343 e. The number of piperazine rings is 1. The van der Waals surface area contributed by atoms with E-state index in [-0.39, 0.29) is 0 Å². The first-order valence-corrected chi connectivity index (χ1v) is 4.45. The molecule has 3 nitrogen and oxygen atoms in total. The molecular formula is C8H13F3N2O. The molecule has 0 aromatic heterocycles. The molecule has 0 aromatic carbocycles. The minimum atomic E-state index is -4.18. The molecule has 1 heterocycles. The lowest BCUT2D eigenvalue weighted by molar-refractivity contribution is -0.182. The summed E-state index contributed by atoms with van der Waals surface area (Å²) in [7, 11) is 0. The van der Waals surface area contributed by atoms with Gasteiger partial charge in [0.15, 0.2) is 0 Å². The van der Waals surface area contributed by atoms with Crippen molar-refractivity contribution >= 4 is 6.41 Å². The maximum atomic E-state index is 12.3. The standard InChI is InChI=1S/C8H13F3N2O/c1-7(8(9,10)11)13-4-2-12(6-14)3-5-13/h6-7H,2-5H2,1H3. The lowest BCUT2D eigenvalue weighted by atomic mass is 10.2. The Morgan fingerprint density at radius 1 is 1.21 bits per heavy atom. The van der Waals surface area contributed by atoms with Crippen LogP contribution >= 0.6 is 0 Å². The minimum Gasteiger partial charge on any atom is -0.343 e. The highest BCUT2D eigenvalue weighted by Gasteiger charge is 2.40. The fourth-order valence-corrected chi connectivity index (χ4v) is 1.44. The van der Waals surface area contributed by atoms with Crippen molar-refractivity contribution in [2.75, 3.05) is 26.2 Å². The van der Waals surface area contributed by atoms with Crippen LogP contribution in [-0.4, -0.2) is 54.6 Å². The number of rotatable bonds is 2. The van der Waals surface area contributed by atoms with E-state index in [1.54, 1.807) is 0 Å². The van der Waals surface area contributed by atoms with Crippen LogP contribution in [0.25, 0.3) is 0 Å². The van der Waals surface area contributed by atoms with Crippen molar-refractivity contribution in [1.29, 1.82) is 0 Å². The summed E-state index contributed by atoms with van der Waals surface area (Å²) in [5, 5.41) is 0. The molecule has 1 amide bonds. The Bertz CT molecular complexity index is 199. The molecule has 1 fully saturated rings. The number of carbonyl (C=O) groups is 1. The van der Waals surface area contributed by atoms with Gasteiger partial charge in [-0.3, -0.25) is 9.69 Å². The molecule has 6 heteroatoms. The first-order valence-electron chi connectivity index (χ1n) is 4.45. The van der Waals surface area contributed by atoms with E-state index in [1.807, 2.05) is 0 Å². The van der Waals surface area contributed by atoms with Crippen LogP contribution in [0.3, 0.4) is 0 Å². The molecule has 0 radical (unpaired) electrons. The zero-order valence-electron chi connectivity index (χ0n) is 7.92. The molecule has 1 atom stereocenters. The van der Waals surface area contributed by atoms with Crippen LogP contribution in [-0.2, 0) is 4.79 Å². The first kappa shape index (κ1) is 11.3. The van der Waals surface area contributed by atoms with E-state index in [9.17, 15) is 18.0 Å². The first-order chi connectivity index (χ1) is 6.45. The third-order valence-corrected chi connectivity index (χ3v) is 2.52. The van der Waals surface area contributed by atoms with E-state index in [4.69, 9.17) is 0 Å². The van der Waals surface area contributed by atoms with Crippen LogP contribution < -0.4 is 0 Å². The molecular weight excluding hydrogens is 197 g/mol. The van der Waals surface area contributed by atoms with Crippen LogP contribution in [0, 0.1) is 0 Å². The summed E-state index contributed by atoms with van der Waals surface area (Å²) >= 11 is 0. The number of amides is 1. The van der Waals surface area contributed by atoms with Crippen molar-refractivity contribution in [3.05, 3.63) is 0 Å². The maximum absolute atomic E-state index is 12.3. The third-order valence-electron chi connectivity index (χ3n) is 2.52. The van der Waals surface area contributed by atoms with Gasteiger partial charge in [-0.25, -0.2) is 0 Å². The van der Waals surface area contributed by atoms with Gasteiger partial charge in [0.05, 0.1) is 0 Å². The van der Waals surface area contributed by atoms with Gasteiger partial charge in [-0.1, -0.05) is 0 Å². The number of carbonyl (C=O) groups excluding carboxylic acids is 1. The number of hydrogen-bond acceptors (Lipinski definition) is 2. The molecule has 0 N–H and O–H groups in total. The quantitative estimate of drug-likeness (QED) is 0.627. The molecule has 1 rings (SSSR count). The van der Waals surface area contributed by atoms with Crippen LogP contribution in [0.15, 0.2) is 0 Å².